The molecule has 3 unspecified atom stereocenters. The largest absolute Gasteiger partial charge is 0.479 e. The van der Waals surface area contributed by atoms with Gasteiger partial charge in [-0.25, -0.2) is 22.5 Å². The Kier molecular flexibility index (Phi) is 7.06. The molecular weight excluding hydrogens is 433 g/mol. The van der Waals surface area contributed by atoms with Crippen molar-refractivity contribution >= 4 is 24.2 Å². The molecule has 0 saturated heterocycles. The van der Waals surface area contributed by atoms with Crippen LogP contribution in [0.3, 0.4) is 0 Å². The number of ether oxygens (including phenoxy) is 1. The molecule has 17 heteroatoms. The lowest BCUT2D eigenvalue weighted by Gasteiger charge is -2.18. The Bertz CT molecular complexity index is 919. The smallest absolute Gasteiger partial charge is 0.344 e. The van der Waals surface area contributed by atoms with Crippen LogP contribution in [-0.2, 0) is 27.0 Å². The van der Waals surface area contributed by atoms with Crippen molar-refractivity contribution in [3.05, 3.63) is 44.8 Å². The van der Waals surface area contributed by atoms with Gasteiger partial charge in [-0.05, 0) is 13.0 Å². The standard InChI is InChI=1S/C10H15N2O12P3/c1-6-4-12(10(14)11-9(6)13)8-3-2-7(22-8)5-21-27(19,20)24-25(15)23-26(16,17)18/h2-4,7-8,15H,5H2,1H3,(H,19,20)(H,11,13,14)(H2,16,17,18)/t7-,8?,25?/m0/s1. The number of aromatic amines is 1. The van der Waals surface area contributed by atoms with Gasteiger partial charge in [-0.1, -0.05) is 6.08 Å². The molecule has 0 aliphatic carbocycles. The van der Waals surface area contributed by atoms with Crippen molar-refractivity contribution in [2.24, 2.45) is 0 Å². The number of hydrogen-bond donors (Lipinski definition) is 5. The highest BCUT2D eigenvalue weighted by molar-refractivity contribution is 7.63. The molecule has 1 aliphatic rings. The second-order valence-electron chi connectivity index (χ2n) is 5.08. The Balaban J connectivity index is 1.92. The highest BCUT2D eigenvalue weighted by Gasteiger charge is 2.33. The maximum Gasteiger partial charge on any atom is 0.479 e. The highest BCUT2D eigenvalue weighted by Crippen LogP contribution is 2.61. The Labute approximate surface area is 151 Å². The number of aromatic nitrogens is 2. The van der Waals surface area contributed by atoms with Crippen LogP contribution in [0.15, 0.2) is 27.9 Å². The first-order valence-corrected chi connectivity index (χ1v) is 11.1. The van der Waals surface area contributed by atoms with E-state index in [2.05, 4.69) is 18.1 Å². The first kappa shape index (κ1) is 22.3. The van der Waals surface area contributed by atoms with E-state index in [1.54, 1.807) is 0 Å². The van der Waals surface area contributed by atoms with Crippen LogP contribution in [0.1, 0.15) is 11.8 Å². The summed E-state index contributed by atoms with van der Waals surface area (Å²) < 4.78 is 40.9. The van der Waals surface area contributed by atoms with Gasteiger partial charge in [0.05, 0.1) is 6.61 Å². The number of H-pyrrole nitrogens is 1. The van der Waals surface area contributed by atoms with E-state index in [-0.39, 0.29) is 5.56 Å². The summed E-state index contributed by atoms with van der Waals surface area (Å²) >= 11 is 0. The summed E-state index contributed by atoms with van der Waals surface area (Å²) in [4.78, 5) is 60.6. The zero-order chi connectivity index (χ0) is 20.4. The number of phosphoric acid groups is 2. The molecule has 27 heavy (non-hydrogen) atoms. The molecule has 2 rings (SSSR count). The van der Waals surface area contributed by atoms with E-state index in [1.807, 2.05) is 0 Å². The van der Waals surface area contributed by atoms with Crippen LogP contribution in [0.4, 0.5) is 0 Å². The molecule has 1 aliphatic heterocycles. The van der Waals surface area contributed by atoms with Crippen LogP contribution in [0.5, 0.6) is 0 Å². The SMILES string of the molecule is Cc1cn(C2C=C[C@@H](COP(=O)(O)OP(O)OP(=O)(O)O)O2)c(=O)[nH]c1=O. The fraction of sp³-hybridized carbons (Fsp3) is 0.400. The number of aryl methyl sites for hydroxylation is 1. The van der Waals surface area contributed by atoms with Gasteiger partial charge in [0.15, 0.2) is 6.23 Å². The van der Waals surface area contributed by atoms with Gasteiger partial charge in [0.25, 0.3) is 5.56 Å². The quantitative estimate of drug-likeness (QED) is 0.258. The third-order valence-corrected chi connectivity index (χ3v) is 6.25. The molecule has 5 N–H and O–H groups in total. The second kappa shape index (κ2) is 8.56. The minimum atomic E-state index is -5.13. The summed E-state index contributed by atoms with van der Waals surface area (Å²) in [6.45, 7) is 0.928. The van der Waals surface area contributed by atoms with Crippen LogP contribution in [0.25, 0.3) is 0 Å². The molecule has 14 nitrogen and oxygen atoms in total. The van der Waals surface area contributed by atoms with Crippen molar-refractivity contribution in [2.75, 3.05) is 6.61 Å². The lowest BCUT2D eigenvalue weighted by atomic mass is 10.3. The van der Waals surface area contributed by atoms with Crippen LogP contribution < -0.4 is 11.2 Å². The topological polar surface area (TPSA) is 207 Å². The fourth-order valence-electron chi connectivity index (χ4n) is 1.90. The molecular formula is C10H15N2O12P3. The Morgan fingerprint density at radius 1 is 1.26 bits per heavy atom. The van der Waals surface area contributed by atoms with Gasteiger partial charge in [-0.15, -0.1) is 0 Å². The lowest BCUT2D eigenvalue weighted by molar-refractivity contribution is -0.0102. The molecule has 0 spiro atoms. The molecule has 0 fully saturated rings. The summed E-state index contributed by atoms with van der Waals surface area (Å²) in [5.41, 5.74) is -1.01. The van der Waals surface area contributed by atoms with Crippen molar-refractivity contribution in [1.29, 1.82) is 0 Å². The van der Waals surface area contributed by atoms with Crippen molar-refractivity contribution in [1.82, 2.24) is 9.55 Å². The lowest BCUT2D eigenvalue weighted by Crippen LogP contribution is -2.33. The minimum absolute atomic E-state index is 0.265. The van der Waals surface area contributed by atoms with E-state index in [0.29, 0.717) is 0 Å². The molecule has 0 bridgehead atoms. The van der Waals surface area contributed by atoms with E-state index in [9.17, 15) is 23.6 Å². The molecule has 4 atom stereocenters. The van der Waals surface area contributed by atoms with Crippen molar-refractivity contribution in [3.8, 4) is 0 Å². The van der Waals surface area contributed by atoms with Crippen molar-refractivity contribution in [2.45, 2.75) is 19.3 Å². The van der Waals surface area contributed by atoms with Gasteiger partial charge in [0.1, 0.15) is 6.10 Å². The predicted octanol–water partition coefficient (Wildman–Crippen LogP) is -0.239. The van der Waals surface area contributed by atoms with Crippen molar-refractivity contribution < 1.29 is 46.6 Å². The van der Waals surface area contributed by atoms with Gasteiger partial charge >= 0.3 is 29.9 Å². The fourth-order valence-corrected chi connectivity index (χ4v) is 4.25. The molecule has 0 radical (unpaired) electrons. The molecule has 1 aromatic rings. The number of hydrogen-bond acceptors (Lipinski definition) is 9. The third kappa shape index (κ3) is 6.83. The minimum Gasteiger partial charge on any atom is -0.344 e. The van der Waals surface area contributed by atoms with Gasteiger partial charge < -0.3 is 24.3 Å². The third-order valence-electron chi connectivity index (χ3n) is 2.98. The number of phosphoric ester groups is 1. The molecule has 0 amide bonds. The van der Waals surface area contributed by atoms with E-state index < -0.39 is 54.4 Å². The number of nitrogens with zero attached hydrogens (tertiary/aromatic N) is 1. The zero-order valence-corrected chi connectivity index (χ0v) is 16.1. The first-order valence-electron chi connectivity index (χ1n) is 6.93. The van der Waals surface area contributed by atoms with Crippen LogP contribution >= 0.6 is 24.2 Å². The number of rotatable bonds is 8. The summed E-state index contributed by atoms with van der Waals surface area (Å²) in [5, 5.41) is 0. The first-order chi connectivity index (χ1) is 12.4. The van der Waals surface area contributed by atoms with E-state index in [4.69, 9.17) is 19.4 Å². The average molecular weight is 448 g/mol. The molecule has 152 valence electrons. The Morgan fingerprint density at radius 2 is 1.93 bits per heavy atom. The van der Waals surface area contributed by atoms with Gasteiger partial charge in [-0.3, -0.25) is 18.9 Å². The normalized spacial score (nSPS) is 23.3. The molecule has 0 aromatic carbocycles. The molecule has 1 aromatic heterocycles. The van der Waals surface area contributed by atoms with Crippen molar-refractivity contribution in [3.63, 3.8) is 0 Å². The van der Waals surface area contributed by atoms with Crippen LogP contribution in [-0.4, -0.2) is 41.8 Å². The average Bonchev–Trinajstić information content (AvgIpc) is 2.95. The summed E-state index contributed by atoms with van der Waals surface area (Å²) in [7, 11) is -13.4. The van der Waals surface area contributed by atoms with Gasteiger partial charge in [0.2, 0.25) is 0 Å². The van der Waals surface area contributed by atoms with Crippen LogP contribution in [0, 0.1) is 6.92 Å². The second-order valence-corrected chi connectivity index (χ2v) is 9.04. The predicted molar refractivity (Wildman–Crippen MR) is 88.2 cm³/mol. The van der Waals surface area contributed by atoms with E-state index >= 15 is 0 Å². The zero-order valence-electron chi connectivity index (χ0n) is 13.4. The Hall–Kier alpha value is -1.01. The van der Waals surface area contributed by atoms with Gasteiger partial charge in [-0.2, -0.15) is 0 Å². The van der Waals surface area contributed by atoms with Gasteiger partial charge in [0, 0.05) is 11.8 Å². The maximum absolute atomic E-state index is 11.8. The molecule has 2 heterocycles. The van der Waals surface area contributed by atoms with Crippen LogP contribution in [0.2, 0.25) is 0 Å². The summed E-state index contributed by atoms with van der Waals surface area (Å²) in [6, 6.07) is 0. The summed E-state index contributed by atoms with van der Waals surface area (Å²) in [6.07, 6.45) is 2.31. The monoisotopic (exact) mass is 448 g/mol. The summed E-state index contributed by atoms with van der Waals surface area (Å²) in [5.74, 6) is 0. The molecule has 0 saturated carbocycles. The maximum atomic E-state index is 11.8. The van der Waals surface area contributed by atoms with E-state index in [1.165, 1.54) is 25.3 Å². The Morgan fingerprint density at radius 3 is 2.56 bits per heavy atom. The number of nitrogens with one attached hydrogen (secondary N) is 1. The highest BCUT2D eigenvalue weighted by atomic mass is 31.3. The van der Waals surface area contributed by atoms with E-state index in [0.717, 1.165) is 4.57 Å².